The summed E-state index contributed by atoms with van der Waals surface area (Å²) < 4.78 is 44.3. The van der Waals surface area contributed by atoms with Crippen LogP contribution in [0.3, 0.4) is 0 Å². The minimum atomic E-state index is -3.91. The van der Waals surface area contributed by atoms with Gasteiger partial charge in [-0.2, -0.15) is 4.31 Å². The van der Waals surface area contributed by atoms with Gasteiger partial charge in [0, 0.05) is 19.7 Å². The van der Waals surface area contributed by atoms with Crippen LogP contribution in [0.2, 0.25) is 0 Å². The molecule has 0 aromatic heterocycles. The average Bonchev–Trinajstić information content (AvgIpc) is 3.41. The second-order valence-corrected chi connectivity index (χ2v) is 11.6. The highest BCUT2D eigenvalue weighted by Crippen LogP contribution is 2.22. The maximum absolute atomic E-state index is 13.5. The summed E-state index contributed by atoms with van der Waals surface area (Å²) in [5.41, 5.74) is 0.908. The molecule has 9 nitrogen and oxygen atoms in total. The van der Waals surface area contributed by atoms with Gasteiger partial charge in [-0.1, -0.05) is 44.2 Å². The van der Waals surface area contributed by atoms with Crippen LogP contribution in [-0.4, -0.2) is 82.0 Å². The Hall–Kier alpha value is -2.50. The molecular formula is C27H38N2O7S. The Labute approximate surface area is 219 Å². The van der Waals surface area contributed by atoms with Gasteiger partial charge in [-0.15, -0.1) is 0 Å². The van der Waals surface area contributed by atoms with E-state index < -0.39 is 22.2 Å². The Morgan fingerprint density at radius 1 is 1.14 bits per heavy atom. The molecule has 0 spiro atoms. The minimum Gasteiger partial charge on any atom is -0.497 e. The Morgan fingerprint density at radius 2 is 1.84 bits per heavy atom. The number of carbonyl (C=O) groups is 1. The largest absolute Gasteiger partial charge is 0.497 e. The number of nitrogens with zero attached hydrogens (tertiary/aromatic N) is 1. The first-order chi connectivity index (χ1) is 17.7. The summed E-state index contributed by atoms with van der Waals surface area (Å²) >= 11 is 0. The van der Waals surface area contributed by atoms with Gasteiger partial charge in [-0.3, -0.25) is 4.79 Å². The summed E-state index contributed by atoms with van der Waals surface area (Å²) in [7, 11) is -2.39. The van der Waals surface area contributed by atoms with Crippen LogP contribution in [0.5, 0.6) is 5.75 Å². The highest BCUT2D eigenvalue weighted by molar-refractivity contribution is 7.89. The predicted octanol–water partition coefficient (Wildman–Crippen LogP) is 2.24. The Kier molecular flexibility index (Phi) is 10.9. The quantitative estimate of drug-likeness (QED) is 0.382. The molecule has 1 heterocycles. The first-order valence-electron chi connectivity index (χ1n) is 12.5. The van der Waals surface area contributed by atoms with Crippen LogP contribution in [0.4, 0.5) is 0 Å². The lowest BCUT2D eigenvalue weighted by molar-refractivity contribution is -0.129. The fourth-order valence-corrected chi connectivity index (χ4v) is 5.77. The molecule has 1 aliphatic rings. The van der Waals surface area contributed by atoms with E-state index in [1.165, 1.54) is 23.5 Å². The average molecular weight is 535 g/mol. The summed E-state index contributed by atoms with van der Waals surface area (Å²) in [6.07, 6.45) is -0.222. The van der Waals surface area contributed by atoms with E-state index in [0.29, 0.717) is 25.4 Å². The van der Waals surface area contributed by atoms with E-state index in [1.807, 2.05) is 44.2 Å². The zero-order chi connectivity index (χ0) is 26.8. The van der Waals surface area contributed by atoms with Crippen LogP contribution in [0, 0.1) is 5.92 Å². The molecular weight excluding hydrogens is 496 g/mol. The van der Waals surface area contributed by atoms with Crippen molar-refractivity contribution >= 4 is 15.9 Å². The van der Waals surface area contributed by atoms with Crippen molar-refractivity contribution in [1.29, 1.82) is 0 Å². The van der Waals surface area contributed by atoms with Crippen molar-refractivity contribution in [3.63, 3.8) is 0 Å². The molecule has 1 saturated heterocycles. The monoisotopic (exact) mass is 534 g/mol. The fraction of sp³-hybridized carbons (Fsp3) is 0.519. The van der Waals surface area contributed by atoms with Crippen LogP contribution in [0.25, 0.3) is 0 Å². The van der Waals surface area contributed by atoms with E-state index >= 15 is 0 Å². The minimum absolute atomic E-state index is 0.0180. The molecule has 37 heavy (non-hydrogen) atoms. The van der Waals surface area contributed by atoms with E-state index in [0.717, 1.165) is 12.0 Å². The van der Waals surface area contributed by atoms with Crippen molar-refractivity contribution in [2.75, 3.05) is 40.0 Å². The number of aliphatic hydroxyl groups excluding tert-OH is 1. The van der Waals surface area contributed by atoms with Crippen LogP contribution < -0.4 is 10.1 Å². The first-order valence-corrected chi connectivity index (χ1v) is 14.0. The predicted molar refractivity (Wildman–Crippen MR) is 140 cm³/mol. The van der Waals surface area contributed by atoms with Crippen LogP contribution in [0.15, 0.2) is 59.5 Å². The molecule has 3 atom stereocenters. The Bertz CT molecular complexity index is 1070. The molecule has 2 N–H and O–H groups in total. The van der Waals surface area contributed by atoms with E-state index in [-0.39, 0.29) is 42.5 Å². The molecule has 2 aromatic carbocycles. The number of aliphatic hydroxyl groups is 1. The molecule has 1 fully saturated rings. The second kappa shape index (κ2) is 13.9. The number of hydrogen-bond donors (Lipinski definition) is 2. The molecule has 0 aliphatic carbocycles. The van der Waals surface area contributed by atoms with Crippen LogP contribution in [0.1, 0.15) is 25.8 Å². The summed E-state index contributed by atoms with van der Waals surface area (Å²) in [5, 5.41) is 14.1. The Morgan fingerprint density at radius 3 is 2.43 bits per heavy atom. The highest BCUT2D eigenvalue weighted by Gasteiger charge is 2.31. The molecule has 10 heteroatoms. The molecule has 204 valence electrons. The first kappa shape index (κ1) is 29.1. The van der Waals surface area contributed by atoms with E-state index in [9.17, 15) is 18.3 Å². The van der Waals surface area contributed by atoms with E-state index in [2.05, 4.69) is 5.32 Å². The van der Waals surface area contributed by atoms with E-state index in [4.69, 9.17) is 14.2 Å². The van der Waals surface area contributed by atoms with Gasteiger partial charge in [0.1, 0.15) is 12.4 Å². The summed E-state index contributed by atoms with van der Waals surface area (Å²) in [4.78, 5) is 12.8. The molecule has 0 saturated carbocycles. The molecule has 1 amide bonds. The number of hydrogen-bond acceptors (Lipinski definition) is 7. The Balaban J connectivity index is 1.77. The molecule has 0 radical (unpaired) electrons. The fourth-order valence-electron chi connectivity index (χ4n) is 4.15. The second-order valence-electron chi connectivity index (χ2n) is 9.62. The van der Waals surface area contributed by atoms with Gasteiger partial charge in [0.05, 0.1) is 36.9 Å². The normalized spacial score (nSPS) is 17.6. The zero-order valence-corrected chi connectivity index (χ0v) is 22.5. The van der Waals surface area contributed by atoms with Crippen molar-refractivity contribution in [3.05, 3.63) is 60.2 Å². The standard InChI is InChI=1S/C27H38N2O7S/c1-20(2)16-29(37(32,33)24-11-9-22(34-3)10-12-24)17-26(30)25(15-21-7-5-4-6-8-21)28-27(31)19-36-23-13-14-35-18-23/h4-12,20,23,25-26,30H,13-19H2,1-3H3,(H,28,31)/t23?,25-,26+/m0/s1. The van der Waals surface area contributed by atoms with Crippen LogP contribution in [-0.2, 0) is 30.7 Å². The number of amides is 1. The molecule has 1 unspecified atom stereocenters. The number of rotatable bonds is 14. The van der Waals surface area contributed by atoms with Gasteiger partial charge in [0.25, 0.3) is 0 Å². The van der Waals surface area contributed by atoms with Gasteiger partial charge in [-0.25, -0.2) is 8.42 Å². The number of methoxy groups -OCH3 is 1. The lowest BCUT2D eigenvalue weighted by Crippen LogP contribution is -2.51. The van der Waals surface area contributed by atoms with E-state index in [1.54, 1.807) is 12.1 Å². The number of nitrogens with one attached hydrogen (secondary N) is 1. The topological polar surface area (TPSA) is 114 Å². The maximum atomic E-state index is 13.5. The zero-order valence-electron chi connectivity index (χ0n) is 21.7. The third-order valence-corrected chi connectivity index (χ3v) is 7.95. The van der Waals surface area contributed by atoms with Gasteiger partial charge >= 0.3 is 0 Å². The van der Waals surface area contributed by atoms with Crippen molar-refractivity contribution in [2.24, 2.45) is 5.92 Å². The molecule has 2 aromatic rings. The number of sulfonamides is 1. The molecule has 1 aliphatic heterocycles. The van der Waals surface area contributed by atoms with Gasteiger partial charge in [0.15, 0.2) is 0 Å². The van der Waals surface area contributed by atoms with Gasteiger partial charge < -0.3 is 24.6 Å². The third-order valence-electron chi connectivity index (χ3n) is 6.10. The van der Waals surface area contributed by atoms with Gasteiger partial charge in [0.2, 0.25) is 15.9 Å². The van der Waals surface area contributed by atoms with Gasteiger partial charge in [-0.05, 0) is 48.6 Å². The number of ether oxygens (including phenoxy) is 3. The lowest BCUT2D eigenvalue weighted by Gasteiger charge is -2.31. The van der Waals surface area contributed by atoms with Crippen molar-refractivity contribution < 1.29 is 32.5 Å². The lowest BCUT2D eigenvalue weighted by atomic mass is 10.0. The maximum Gasteiger partial charge on any atom is 0.246 e. The van der Waals surface area contributed by atoms with Crippen molar-refractivity contribution in [1.82, 2.24) is 9.62 Å². The SMILES string of the molecule is COc1ccc(S(=O)(=O)N(CC(C)C)C[C@@H](O)[C@H](Cc2ccccc2)NC(=O)COC2CCOC2)cc1. The summed E-state index contributed by atoms with van der Waals surface area (Å²) in [6, 6.07) is 14.9. The highest BCUT2D eigenvalue weighted by atomic mass is 32.2. The number of benzene rings is 2. The molecule has 3 rings (SSSR count). The summed E-state index contributed by atoms with van der Waals surface area (Å²) in [5.74, 6) is 0.191. The smallest absolute Gasteiger partial charge is 0.246 e. The van der Waals surface area contributed by atoms with Crippen LogP contribution >= 0.6 is 0 Å². The number of carbonyl (C=O) groups excluding carboxylic acids is 1. The molecule has 0 bridgehead atoms. The van der Waals surface area contributed by atoms with Crippen molar-refractivity contribution in [2.45, 2.75) is 49.8 Å². The summed E-state index contributed by atoms with van der Waals surface area (Å²) in [6.45, 7) is 4.76. The third kappa shape index (κ3) is 8.79. The van der Waals surface area contributed by atoms with Crippen molar-refractivity contribution in [3.8, 4) is 5.75 Å².